The number of H-pyrrole nitrogens is 1. The Kier molecular flexibility index (Phi) is 7.89. The number of aromatic nitrogens is 5. The van der Waals surface area contributed by atoms with Gasteiger partial charge in [-0.1, -0.05) is 109 Å². The second-order valence-corrected chi connectivity index (χ2v) is 12.3. The molecule has 5 aromatic carbocycles. The highest BCUT2D eigenvalue weighted by Crippen LogP contribution is 2.44. The van der Waals surface area contributed by atoms with E-state index < -0.39 is 5.54 Å². The molecule has 0 saturated carbocycles. The van der Waals surface area contributed by atoms with Crippen molar-refractivity contribution in [2.45, 2.75) is 18.5 Å². The predicted molar refractivity (Wildman–Crippen MR) is 199 cm³/mol. The molecule has 1 unspecified atom stereocenters. The zero-order valence-electron chi connectivity index (χ0n) is 27.7. The number of pyridine rings is 1. The van der Waals surface area contributed by atoms with Crippen LogP contribution in [0.25, 0.3) is 33.2 Å². The summed E-state index contributed by atoms with van der Waals surface area (Å²) in [5.74, 6) is -0.0429. The van der Waals surface area contributed by atoms with Crippen molar-refractivity contribution >= 4 is 33.5 Å². The van der Waals surface area contributed by atoms with Crippen molar-refractivity contribution < 1.29 is 4.79 Å². The fourth-order valence-electron chi connectivity index (χ4n) is 7.05. The van der Waals surface area contributed by atoms with Gasteiger partial charge in [0.2, 0.25) is 0 Å². The molecule has 0 radical (unpaired) electrons. The number of rotatable bonds is 9. The molecule has 3 N–H and O–H groups in total. The van der Waals surface area contributed by atoms with Gasteiger partial charge < -0.3 is 15.6 Å². The van der Waals surface area contributed by atoms with E-state index in [1.807, 2.05) is 74.6 Å². The Balaban J connectivity index is 1.36. The van der Waals surface area contributed by atoms with Crippen LogP contribution >= 0.6 is 0 Å². The van der Waals surface area contributed by atoms with Crippen molar-refractivity contribution in [2.24, 2.45) is 0 Å². The average molecular weight is 654 g/mol. The zero-order chi connectivity index (χ0) is 34.1. The van der Waals surface area contributed by atoms with Gasteiger partial charge in [-0.15, -0.1) is 0 Å². The number of aromatic amines is 1. The number of fused-ring (bicyclic) bond motifs is 2. The van der Waals surface area contributed by atoms with Crippen LogP contribution in [0.15, 0.2) is 152 Å². The number of para-hydroxylation sites is 1. The summed E-state index contributed by atoms with van der Waals surface area (Å²) in [7, 11) is 1.88. The molecule has 50 heavy (non-hydrogen) atoms. The molecule has 0 aliphatic carbocycles. The number of nitrogens with zero attached hydrogens (tertiary/aromatic N) is 4. The molecule has 0 spiro atoms. The van der Waals surface area contributed by atoms with Crippen molar-refractivity contribution in [1.82, 2.24) is 30.0 Å². The minimum atomic E-state index is -0.850. The van der Waals surface area contributed by atoms with Crippen LogP contribution in [0.2, 0.25) is 0 Å². The van der Waals surface area contributed by atoms with Crippen LogP contribution in [0.5, 0.6) is 0 Å². The lowest BCUT2D eigenvalue weighted by molar-refractivity contribution is 0.0931. The Labute approximate surface area is 289 Å². The fraction of sp³-hybridized carbons (Fsp3) is 0.0952. The molecule has 1 atom stereocenters. The third-order valence-electron chi connectivity index (χ3n) is 9.39. The first-order valence-corrected chi connectivity index (χ1v) is 16.7. The Bertz CT molecular complexity index is 2320. The molecule has 0 bridgehead atoms. The summed E-state index contributed by atoms with van der Waals surface area (Å²) in [6.07, 6.45) is 3.56. The third-order valence-corrected chi connectivity index (χ3v) is 9.39. The van der Waals surface area contributed by atoms with Crippen molar-refractivity contribution in [3.63, 3.8) is 0 Å². The van der Waals surface area contributed by atoms with E-state index in [9.17, 15) is 4.79 Å². The molecule has 0 aliphatic heterocycles. The van der Waals surface area contributed by atoms with E-state index in [4.69, 9.17) is 10.1 Å². The first-order valence-electron chi connectivity index (χ1n) is 16.7. The first-order chi connectivity index (χ1) is 24.6. The lowest BCUT2D eigenvalue weighted by Crippen LogP contribution is -2.38. The van der Waals surface area contributed by atoms with E-state index in [1.165, 1.54) is 0 Å². The van der Waals surface area contributed by atoms with Crippen molar-refractivity contribution in [3.8, 4) is 11.3 Å². The van der Waals surface area contributed by atoms with Gasteiger partial charge >= 0.3 is 0 Å². The molecule has 1 amide bonds. The largest absolute Gasteiger partial charge is 0.388 e. The third kappa shape index (κ3) is 5.18. The van der Waals surface area contributed by atoms with Gasteiger partial charge in [-0.25, -0.2) is 9.67 Å². The monoisotopic (exact) mass is 653 g/mol. The second kappa shape index (κ2) is 12.8. The van der Waals surface area contributed by atoms with Crippen LogP contribution in [-0.4, -0.2) is 37.7 Å². The molecule has 8 rings (SSSR count). The van der Waals surface area contributed by atoms with E-state index in [2.05, 4.69) is 104 Å². The minimum absolute atomic E-state index is 0.242. The number of hydrogen-bond donors (Lipinski definition) is 3. The number of carbonyl (C=O) groups excluding carboxylic acids is 1. The van der Waals surface area contributed by atoms with Crippen LogP contribution in [0, 0.1) is 0 Å². The summed E-state index contributed by atoms with van der Waals surface area (Å²) in [6, 6.07) is 47.2. The Morgan fingerprint density at radius 3 is 1.94 bits per heavy atom. The summed E-state index contributed by atoms with van der Waals surface area (Å²) in [5, 5.41) is 12.7. The number of anilines is 1. The number of hydrogen-bond acceptors (Lipinski definition) is 5. The van der Waals surface area contributed by atoms with Crippen LogP contribution in [0.4, 0.5) is 5.69 Å². The Morgan fingerprint density at radius 1 is 0.760 bits per heavy atom. The Morgan fingerprint density at radius 2 is 1.34 bits per heavy atom. The number of benzene rings is 5. The van der Waals surface area contributed by atoms with Gasteiger partial charge in [-0.3, -0.25) is 9.78 Å². The molecule has 8 aromatic rings. The number of nitrogens with one attached hydrogen (secondary N) is 3. The molecule has 0 aliphatic rings. The van der Waals surface area contributed by atoms with E-state index in [-0.39, 0.29) is 17.8 Å². The van der Waals surface area contributed by atoms with Gasteiger partial charge in [0.15, 0.2) is 5.82 Å². The van der Waals surface area contributed by atoms with Gasteiger partial charge in [0.1, 0.15) is 11.2 Å². The van der Waals surface area contributed by atoms with Gasteiger partial charge in [0.05, 0.1) is 22.6 Å². The van der Waals surface area contributed by atoms with Crippen LogP contribution < -0.4 is 10.6 Å². The summed E-state index contributed by atoms with van der Waals surface area (Å²) in [4.78, 5) is 26.1. The zero-order valence-corrected chi connectivity index (χ0v) is 27.7. The standard InChI is InChI=1S/C42H35N7O/c1-28(33-20-12-13-21-35(33)43-2)45-41(50)40-46-36-26-34-38(27-37(36)47-40)49(48-39(34)29-22-24-44-25-23-29)42(30-14-6-3-7-15-30,31-16-8-4-9-17-31)32-18-10-5-11-19-32/h3-28,43H,1-2H3,(H,45,50)(H,46,47). The highest BCUT2D eigenvalue weighted by atomic mass is 16.2. The molecular weight excluding hydrogens is 619 g/mol. The predicted octanol–water partition coefficient (Wildman–Crippen LogP) is 8.35. The lowest BCUT2D eigenvalue weighted by Gasteiger charge is -2.37. The summed E-state index contributed by atoms with van der Waals surface area (Å²) >= 11 is 0. The fourth-order valence-corrected chi connectivity index (χ4v) is 7.05. The SMILES string of the molecule is CNc1ccccc1C(C)NC(=O)c1nc2cc3c(-c4ccncc4)nn(C(c4ccccc4)(c4ccccc4)c4ccccc4)c3cc2[nH]1. The van der Waals surface area contributed by atoms with Crippen LogP contribution in [-0.2, 0) is 5.54 Å². The van der Waals surface area contributed by atoms with Crippen molar-refractivity contribution in [1.29, 1.82) is 0 Å². The van der Waals surface area contributed by atoms with Crippen LogP contribution in [0.1, 0.15) is 45.8 Å². The topological polar surface area (TPSA) is 101 Å². The number of imidazole rings is 1. The molecule has 3 aromatic heterocycles. The van der Waals surface area contributed by atoms with E-state index in [0.717, 1.165) is 55.6 Å². The average Bonchev–Trinajstić information content (AvgIpc) is 3.77. The smallest absolute Gasteiger partial charge is 0.287 e. The highest BCUT2D eigenvalue weighted by Gasteiger charge is 2.41. The van der Waals surface area contributed by atoms with Crippen molar-refractivity contribution in [2.75, 3.05) is 12.4 Å². The first kappa shape index (κ1) is 30.8. The molecule has 244 valence electrons. The lowest BCUT2D eigenvalue weighted by atomic mass is 9.77. The van der Waals surface area contributed by atoms with E-state index in [0.29, 0.717) is 5.52 Å². The molecule has 8 nitrogen and oxygen atoms in total. The molecular formula is C42H35N7O. The summed E-state index contributed by atoms with van der Waals surface area (Å²) in [6.45, 7) is 1.97. The summed E-state index contributed by atoms with van der Waals surface area (Å²) in [5.41, 5.74) is 8.29. The van der Waals surface area contributed by atoms with Gasteiger partial charge in [0, 0.05) is 36.1 Å². The second-order valence-electron chi connectivity index (χ2n) is 12.3. The van der Waals surface area contributed by atoms with Gasteiger partial charge in [-0.05, 0) is 59.5 Å². The maximum absolute atomic E-state index is 13.6. The number of amides is 1. The van der Waals surface area contributed by atoms with Gasteiger partial charge in [0.25, 0.3) is 5.91 Å². The minimum Gasteiger partial charge on any atom is -0.388 e. The van der Waals surface area contributed by atoms with E-state index in [1.54, 1.807) is 12.4 Å². The Hall–Kier alpha value is -6.54. The summed E-state index contributed by atoms with van der Waals surface area (Å²) < 4.78 is 2.13. The molecule has 8 heteroatoms. The van der Waals surface area contributed by atoms with E-state index >= 15 is 0 Å². The maximum atomic E-state index is 13.6. The van der Waals surface area contributed by atoms with Crippen LogP contribution in [0.3, 0.4) is 0 Å². The van der Waals surface area contributed by atoms with Crippen molar-refractivity contribution in [3.05, 3.63) is 180 Å². The maximum Gasteiger partial charge on any atom is 0.287 e. The molecule has 0 fully saturated rings. The highest BCUT2D eigenvalue weighted by molar-refractivity contribution is 6.03. The normalized spacial score (nSPS) is 12.2. The molecule has 3 heterocycles. The number of carbonyl (C=O) groups is 1. The molecule has 0 saturated heterocycles. The quantitative estimate of drug-likeness (QED) is 0.136. The van der Waals surface area contributed by atoms with Gasteiger partial charge in [-0.2, -0.15) is 5.10 Å².